The van der Waals surface area contributed by atoms with Crippen molar-refractivity contribution in [1.82, 2.24) is 9.71 Å². The number of aliphatic hydroxyl groups is 1. The predicted molar refractivity (Wildman–Crippen MR) is 94.4 cm³/mol. The molecule has 0 radical (unpaired) electrons. The van der Waals surface area contributed by atoms with Gasteiger partial charge in [0.25, 0.3) is 0 Å². The van der Waals surface area contributed by atoms with Gasteiger partial charge in [-0.15, -0.1) is 0 Å². The monoisotopic (exact) mass is 380 g/mol. The van der Waals surface area contributed by atoms with E-state index in [-0.39, 0.29) is 11.7 Å². The van der Waals surface area contributed by atoms with Crippen LogP contribution in [-0.4, -0.2) is 31.7 Å². The van der Waals surface area contributed by atoms with Gasteiger partial charge in [0, 0.05) is 12.3 Å². The van der Waals surface area contributed by atoms with Crippen molar-refractivity contribution >= 4 is 10.0 Å². The Balaban J connectivity index is 1.78. The smallest absolute Gasteiger partial charge is 0.216 e. The van der Waals surface area contributed by atoms with Crippen LogP contribution >= 0.6 is 0 Å². The summed E-state index contributed by atoms with van der Waals surface area (Å²) in [4.78, 5) is 4.14. The van der Waals surface area contributed by atoms with Gasteiger partial charge in [0.1, 0.15) is 5.82 Å². The average molecular weight is 380 g/mol. The number of rotatable bonds is 7. The van der Waals surface area contributed by atoms with Crippen LogP contribution in [0.3, 0.4) is 0 Å². The van der Waals surface area contributed by atoms with Gasteiger partial charge in [0.2, 0.25) is 15.9 Å². The zero-order valence-corrected chi connectivity index (χ0v) is 15.1. The Morgan fingerprint density at radius 1 is 1.27 bits per heavy atom. The van der Waals surface area contributed by atoms with Gasteiger partial charge in [-0.2, -0.15) is 0 Å². The fraction of sp³-hybridized carbons (Fsp3) is 0.389. The molecule has 2 N–H and O–H groups in total. The van der Waals surface area contributed by atoms with Crippen molar-refractivity contribution in [2.24, 2.45) is 5.92 Å². The lowest BCUT2D eigenvalue weighted by atomic mass is 9.76. The summed E-state index contributed by atoms with van der Waals surface area (Å²) in [6.07, 6.45) is 2.22. The first-order valence-corrected chi connectivity index (χ1v) is 9.94. The van der Waals surface area contributed by atoms with Crippen molar-refractivity contribution in [3.63, 3.8) is 0 Å². The lowest BCUT2D eigenvalue weighted by Crippen LogP contribution is -2.41. The molecule has 0 spiro atoms. The molecular weight excluding hydrogens is 359 g/mol. The number of hydrogen-bond donors (Lipinski definition) is 2. The fourth-order valence-electron chi connectivity index (χ4n) is 3.07. The summed E-state index contributed by atoms with van der Waals surface area (Å²) in [5.41, 5.74) is 1.21. The number of nitrogens with zero attached hydrogens (tertiary/aromatic N) is 1. The largest absolute Gasteiger partial charge is 0.481 e. The molecule has 6 nitrogen and oxygen atoms in total. The van der Waals surface area contributed by atoms with Crippen LogP contribution < -0.4 is 9.46 Å². The van der Waals surface area contributed by atoms with Crippen LogP contribution in [0.25, 0.3) is 0 Å². The second-order valence-electron chi connectivity index (χ2n) is 6.50. The number of nitrogens with one attached hydrogen (secondary N) is 1. The van der Waals surface area contributed by atoms with E-state index in [1.807, 2.05) is 0 Å². The maximum atomic E-state index is 13.0. The molecule has 26 heavy (non-hydrogen) atoms. The van der Waals surface area contributed by atoms with Gasteiger partial charge in [-0.1, -0.05) is 18.2 Å². The van der Waals surface area contributed by atoms with Crippen molar-refractivity contribution in [3.05, 3.63) is 59.5 Å². The van der Waals surface area contributed by atoms with Crippen LogP contribution in [0.2, 0.25) is 0 Å². The zero-order valence-electron chi connectivity index (χ0n) is 14.3. The molecule has 140 valence electrons. The number of aliphatic hydroxyl groups excluding tert-OH is 1. The fourth-order valence-corrected chi connectivity index (χ4v) is 4.50. The minimum absolute atomic E-state index is 0.0109. The highest BCUT2D eigenvalue weighted by Gasteiger charge is 2.37. The molecule has 0 saturated heterocycles. The number of methoxy groups -OCH3 is 1. The number of hydrogen-bond acceptors (Lipinski definition) is 5. The van der Waals surface area contributed by atoms with Crippen LogP contribution in [0.4, 0.5) is 4.39 Å². The molecule has 1 heterocycles. The number of ether oxygens (including phenoxy) is 1. The Labute approximate surface area is 152 Å². The van der Waals surface area contributed by atoms with Crippen molar-refractivity contribution in [3.8, 4) is 5.88 Å². The third kappa shape index (κ3) is 4.57. The molecule has 0 aliphatic heterocycles. The summed E-state index contributed by atoms with van der Waals surface area (Å²) in [6.45, 7) is 0. The van der Waals surface area contributed by atoms with Crippen LogP contribution in [0.15, 0.2) is 42.6 Å². The van der Waals surface area contributed by atoms with Gasteiger partial charge in [-0.3, -0.25) is 0 Å². The molecule has 1 aromatic heterocycles. The Morgan fingerprint density at radius 3 is 2.50 bits per heavy atom. The number of benzene rings is 1. The average Bonchev–Trinajstić information content (AvgIpc) is 2.59. The first-order valence-electron chi connectivity index (χ1n) is 8.29. The third-order valence-electron chi connectivity index (χ3n) is 4.53. The van der Waals surface area contributed by atoms with Crippen LogP contribution in [0, 0.1) is 11.7 Å². The van der Waals surface area contributed by atoms with E-state index in [9.17, 15) is 17.9 Å². The normalized spacial score (nSPS) is 21.0. The SMILES string of the molecule is COc1ccc(C(NS(=O)(=O)Cc2ccc(F)cc2)C2CC(O)C2)cn1. The van der Waals surface area contributed by atoms with Crippen molar-refractivity contribution < 1.29 is 22.7 Å². The highest BCUT2D eigenvalue weighted by atomic mass is 32.2. The molecule has 2 aromatic rings. The molecule has 8 heteroatoms. The lowest BCUT2D eigenvalue weighted by Gasteiger charge is -2.38. The molecule has 0 bridgehead atoms. The van der Waals surface area contributed by atoms with Gasteiger partial charge < -0.3 is 9.84 Å². The molecule has 3 rings (SSSR count). The van der Waals surface area contributed by atoms with Crippen LogP contribution in [0.5, 0.6) is 5.88 Å². The topological polar surface area (TPSA) is 88.5 Å². The van der Waals surface area contributed by atoms with Gasteiger partial charge in [0.15, 0.2) is 0 Å². The van der Waals surface area contributed by atoms with E-state index in [1.165, 1.54) is 31.4 Å². The van der Waals surface area contributed by atoms with Crippen molar-refractivity contribution in [2.75, 3.05) is 7.11 Å². The summed E-state index contributed by atoms with van der Waals surface area (Å²) in [5.74, 6) is -0.230. The number of pyridine rings is 1. The highest BCUT2D eigenvalue weighted by molar-refractivity contribution is 7.88. The van der Waals surface area contributed by atoms with E-state index in [0.717, 1.165) is 0 Å². The van der Waals surface area contributed by atoms with Gasteiger partial charge in [-0.05, 0) is 42.0 Å². The van der Waals surface area contributed by atoms with Gasteiger partial charge in [-0.25, -0.2) is 22.5 Å². The van der Waals surface area contributed by atoms with E-state index < -0.39 is 28.0 Å². The third-order valence-corrected chi connectivity index (χ3v) is 5.85. The first-order chi connectivity index (χ1) is 12.4. The molecule has 1 unspecified atom stereocenters. The molecule has 1 fully saturated rings. The van der Waals surface area contributed by atoms with E-state index in [0.29, 0.717) is 29.8 Å². The summed E-state index contributed by atoms with van der Waals surface area (Å²) in [5, 5.41) is 9.61. The molecular formula is C18H21FN2O4S. The maximum Gasteiger partial charge on any atom is 0.216 e. The van der Waals surface area contributed by atoms with E-state index in [1.54, 1.807) is 18.3 Å². The highest BCUT2D eigenvalue weighted by Crippen LogP contribution is 2.38. The molecule has 1 aliphatic rings. The lowest BCUT2D eigenvalue weighted by molar-refractivity contribution is 0.0279. The van der Waals surface area contributed by atoms with E-state index >= 15 is 0 Å². The second kappa shape index (κ2) is 7.69. The zero-order chi connectivity index (χ0) is 18.7. The predicted octanol–water partition coefficient (Wildman–Crippen LogP) is 2.16. The Bertz CT molecular complexity index is 834. The Kier molecular flexibility index (Phi) is 5.55. The minimum Gasteiger partial charge on any atom is -0.481 e. The van der Waals surface area contributed by atoms with E-state index in [2.05, 4.69) is 9.71 Å². The molecule has 1 aliphatic carbocycles. The quantitative estimate of drug-likeness (QED) is 0.768. The number of halogens is 1. The van der Waals surface area contributed by atoms with E-state index in [4.69, 9.17) is 4.74 Å². The van der Waals surface area contributed by atoms with Crippen molar-refractivity contribution in [1.29, 1.82) is 0 Å². The second-order valence-corrected chi connectivity index (χ2v) is 8.25. The summed E-state index contributed by atoms with van der Waals surface area (Å²) in [6, 6.07) is 8.32. The van der Waals surface area contributed by atoms with Crippen molar-refractivity contribution in [2.45, 2.75) is 30.7 Å². The Hall–Kier alpha value is -2.03. The molecule has 1 saturated carbocycles. The summed E-state index contributed by atoms with van der Waals surface area (Å²) < 4.78 is 46.0. The molecule has 1 aromatic carbocycles. The summed E-state index contributed by atoms with van der Waals surface area (Å²) in [7, 11) is -2.16. The molecule has 1 atom stereocenters. The van der Waals surface area contributed by atoms with Crippen LogP contribution in [0.1, 0.15) is 30.0 Å². The number of sulfonamides is 1. The standard InChI is InChI=1S/C18H21FN2O4S/c1-25-17-7-4-13(10-20-17)18(14-8-16(22)9-14)21-26(23,24)11-12-2-5-15(19)6-3-12/h2-7,10,14,16,18,21-22H,8-9,11H2,1H3. The summed E-state index contributed by atoms with van der Waals surface area (Å²) >= 11 is 0. The van der Waals surface area contributed by atoms with Gasteiger partial charge in [0.05, 0.1) is 25.0 Å². The Morgan fingerprint density at radius 2 is 1.96 bits per heavy atom. The first kappa shape index (κ1) is 18.8. The maximum absolute atomic E-state index is 13.0. The molecule has 0 amide bonds. The number of aromatic nitrogens is 1. The van der Waals surface area contributed by atoms with Gasteiger partial charge >= 0.3 is 0 Å². The minimum atomic E-state index is -3.66. The van der Waals surface area contributed by atoms with Crippen LogP contribution in [-0.2, 0) is 15.8 Å².